The molecule has 0 spiro atoms. The van der Waals surface area contributed by atoms with Crippen molar-refractivity contribution in [3.8, 4) is 0 Å². The summed E-state index contributed by atoms with van der Waals surface area (Å²) in [5.41, 5.74) is 0.168. The highest BCUT2D eigenvalue weighted by Crippen LogP contribution is 2.02. The number of fused-ring (bicyclic) bond motifs is 1. The molecule has 2 heterocycles. The van der Waals surface area contributed by atoms with Crippen molar-refractivity contribution in [3.05, 3.63) is 24.3 Å². The van der Waals surface area contributed by atoms with Crippen LogP contribution in [0.15, 0.2) is 18.6 Å². The summed E-state index contributed by atoms with van der Waals surface area (Å²) >= 11 is 0. The van der Waals surface area contributed by atoms with E-state index in [1.165, 1.54) is 10.6 Å². The van der Waals surface area contributed by atoms with Gasteiger partial charge in [0.25, 0.3) is 0 Å². The fourth-order valence-corrected chi connectivity index (χ4v) is 0.963. The van der Waals surface area contributed by atoms with Gasteiger partial charge in [0.05, 0.1) is 6.20 Å². The van der Waals surface area contributed by atoms with E-state index in [4.69, 9.17) is 5.11 Å². The molecule has 2 rings (SSSR count). The maximum Gasteiger partial charge on any atom is 0.354 e. The van der Waals surface area contributed by atoms with Crippen LogP contribution >= 0.6 is 0 Å². The van der Waals surface area contributed by atoms with Gasteiger partial charge in [-0.15, -0.1) is 0 Å². The number of aromatic carboxylic acids is 1. The van der Waals surface area contributed by atoms with E-state index in [-0.39, 0.29) is 5.69 Å². The maximum absolute atomic E-state index is 10.5. The van der Waals surface area contributed by atoms with Gasteiger partial charge < -0.3 is 10.1 Å². The van der Waals surface area contributed by atoms with Gasteiger partial charge in [0.2, 0.25) is 5.78 Å². The van der Waals surface area contributed by atoms with E-state index in [1.807, 2.05) is 0 Å². The number of hydrogen-bond acceptors (Lipinski definition) is 2. The summed E-state index contributed by atoms with van der Waals surface area (Å²) in [7, 11) is 0. The molecule has 0 saturated carbocycles. The fourth-order valence-electron chi connectivity index (χ4n) is 0.963. The predicted octanol–water partition coefficient (Wildman–Crippen LogP) is 0.361. The quantitative estimate of drug-likeness (QED) is 0.618. The molecule has 0 aliphatic rings. The van der Waals surface area contributed by atoms with Crippen LogP contribution in [0.5, 0.6) is 0 Å². The monoisotopic (exact) mass is 151 g/mol. The van der Waals surface area contributed by atoms with Crippen molar-refractivity contribution in [2.75, 3.05) is 0 Å². The number of nitrogens with one attached hydrogen (secondary N) is 1. The number of rotatable bonds is 1. The molecule has 2 aromatic rings. The van der Waals surface area contributed by atoms with Crippen LogP contribution in [0.3, 0.4) is 0 Å². The Morgan fingerprint density at radius 2 is 2.55 bits per heavy atom. The lowest BCUT2D eigenvalue weighted by molar-refractivity contribution is 0.0689. The van der Waals surface area contributed by atoms with E-state index in [2.05, 4.69) is 9.97 Å². The van der Waals surface area contributed by atoms with E-state index < -0.39 is 5.97 Å². The standard InChI is InChI=1S/C6H5N3O2/c10-5(11)4-3-8-6-7-1-2-9(4)6/h1-3H,(H,7,8)(H,10,11). The van der Waals surface area contributed by atoms with Gasteiger partial charge in [0.15, 0.2) is 5.69 Å². The highest BCUT2D eigenvalue weighted by atomic mass is 16.4. The smallest absolute Gasteiger partial charge is 0.354 e. The Labute approximate surface area is 61.3 Å². The number of hydrogen-bond donors (Lipinski definition) is 2. The van der Waals surface area contributed by atoms with Gasteiger partial charge in [-0.1, -0.05) is 0 Å². The largest absolute Gasteiger partial charge is 0.477 e. The highest BCUT2D eigenvalue weighted by Gasteiger charge is 2.09. The molecule has 5 nitrogen and oxygen atoms in total. The van der Waals surface area contributed by atoms with Crippen LogP contribution in [0, 0.1) is 0 Å². The first-order valence-electron chi connectivity index (χ1n) is 3.03. The van der Waals surface area contributed by atoms with Crippen molar-refractivity contribution in [2.24, 2.45) is 0 Å². The zero-order valence-electron chi connectivity index (χ0n) is 5.48. The molecule has 5 heteroatoms. The van der Waals surface area contributed by atoms with Crippen LogP contribution < -0.4 is 0 Å². The Kier molecular flexibility index (Phi) is 1.00. The number of carboxylic acids is 1. The summed E-state index contributed by atoms with van der Waals surface area (Å²) in [5.74, 6) is -0.431. The lowest BCUT2D eigenvalue weighted by Crippen LogP contribution is -1.99. The van der Waals surface area contributed by atoms with E-state index in [0.717, 1.165) is 0 Å². The lowest BCUT2D eigenvalue weighted by atomic mass is 10.5. The van der Waals surface area contributed by atoms with Crippen molar-refractivity contribution < 1.29 is 9.90 Å². The summed E-state index contributed by atoms with van der Waals surface area (Å²) in [6.45, 7) is 0. The molecule has 56 valence electrons. The Morgan fingerprint density at radius 1 is 1.73 bits per heavy atom. The molecule has 0 aliphatic heterocycles. The summed E-state index contributed by atoms with van der Waals surface area (Å²) in [4.78, 5) is 17.1. The maximum atomic E-state index is 10.5. The normalized spacial score (nSPS) is 10.5. The number of imidazole rings is 2. The van der Waals surface area contributed by atoms with Crippen molar-refractivity contribution in [3.63, 3.8) is 0 Å². The number of aromatic nitrogens is 3. The molecule has 0 fully saturated rings. The Balaban J connectivity index is 2.78. The molecule has 0 atom stereocenters. The van der Waals surface area contributed by atoms with Crippen molar-refractivity contribution >= 4 is 11.7 Å². The first-order chi connectivity index (χ1) is 5.29. The van der Waals surface area contributed by atoms with Gasteiger partial charge >= 0.3 is 5.97 Å². The SMILES string of the molecule is O=C(O)c1cnc2[nH]ccn12. The first-order valence-corrected chi connectivity index (χ1v) is 3.03. The fraction of sp³-hybridized carbons (Fsp3) is 0. The Hall–Kier alpha value is -1.78. The molecular weight excluding hydrogens is 146 g/mol. The summed E-state index contributed by atoms with van der Waals surface area (Å²) in [6, 6.07) is 0. The molecule has 0 aromatic carbocycles. The second kappa shape index (κ2) is 1.85. The van der Waals surface area contributed by atoms with E-state index >= 15 is 0 Å². The molecule has 0 saturated heterocycles. The van der Waals surface area contributed by atoms with Crippen LogP contribution in [0.25, 0.3) is 5.78 Å². The van der Waals surface area contributed by atoms with Crippen molar-refractivity contribution in [1.82, 2.24) is 14.4 Å². The van der Waals surface area contributed by atoms with Gasteiger partial charge in [0, 0.05) is 12.4 Å². The molecule has 0 radical (unpaired) electrons. The lowest BCUT2D eigenvalue weighted by Gasteiger charge is -1.86. The predicted molar refractivity (Wildman–Crippen MR) is 36.5 cm³/mol. The molecule has 2 N–H and O–H groups in total. The number of nitrogens with zero attached hydrogens (tertiary/aromatic N) is 2. The Morgan fingerprint density at radius 3 is 3.27 bits per heavy atom. The van der Waals surface area contributed by atoms with E-state index in [0.29, 0.717) is 5.78 Å². The molecule has 2 aromatic heterocycles. The van der Waals surface area contributed by atoms with Gasteiger partial charge in [-0.3, -0.25) is 4.40 Å². The minimum absolute atomic E-state index is 0.168. The second-order valence-electron chi connectivity index (χ2n) is 2.10. The highest BCUT2D eigenvalue weighted by molar-refractivity contribution is 5.86. The van der Waals surface area contributed by atoms with Crippen LogP contribution in [0.1, 0.15) is 10.5 Å². The van der Waals surface area contributed by atoms with Crippen LogP contribution in [0.2, 0.25) is 0 Å². The molecule has 0 unspecified atom stereocenters. The third kappa shape index (κ3) is 0.706. The summed E-state index contributed by atoms with van der Waals surface area (Å²) in [6.07, 6.45) is 4.56. The van der Waals surface area contributed by atoms with Crippen LogP contribution in [0.4, 0.5) is 0 Å². The number of H-pyrrole nitrogens is 1. The Bertz CT molecular complexity index is 401. The van der Waals surface area contributed by atoms with Crippen LogP contribution in [-0.2, 0) is 0 Å². The van der Waals surface area contributed by atoms with Gasteiger partial charge in [0.1, 0.15) is 0 Å². The van der Waals surface area contributed by atoms with E-state index in [1.54, 1.807) is 12.4 Å². The molecular formula is C6H5N3O2. The van der Waals surface area contributed by atoms with Crippen molar-refractivity contribution in [1.29, 1.82) is 0 Å². The molecule has 0 bridgehead atoms. The zero-order valence-corrected chi connectivity index (χ0v) is 5.48. The number of carbonyl (C=O) groups is 1. The average molecular weight is 151 g/mol. The molecule has 0 amide bonds. The van der Waals surface area contributed by atoms with Gasteiger partial charge in [-0.05, 0) is 0 Å². The summed E-state index contributed by atoms with van der Waals surface area (Å²) in [5, 5.41) is 8.62. The third-order valence-corrected chi connectivity index (χ3v) is 1.45. The first kappa shape index (κ1) is 5.96. The summed E-state index contributed by atoms with van der Waals surface area (Å²) < 4.78 is 1.47. The minimum Gasteiger partial charge on any atom is -0.477 e. The number of aromatic amines is 1. The van der Waals surface area contributed by atoms with E-state index in [9.17, 15) is 4.79 Å². The second-order valence-corrected chi connectivity index (χ2v) is 2.10. The molecule has 11 heavy (non-hydrogen) atoms. The molecule has 0 aliphatic carbocycles. The number of carboxylic acid groups (broad SMARTS) is 1. The van der Waals surface area contributed by atoms with Gasteiger partial charge in [-0.2, -0.15) is 0 Å². The third-order valence-electron chi connectivity index (χ3n) is 1.45. The zero-order chi connectivity index (χ0) is 7.84. The average Bonchev–Trinajstić information content (AvgIpc) is 2.41. The van der Waals surface area contributed by atoms with Gasteiger partial charge in [-0.25, -0.2) is 9.78 Å². The topological polar surface area (TPSA) is 70.4 Å². The van der Waals surface area contributed by atoms with Crippen LogP contribution in [-0.4, -0.2) is 25.4 Å². The van der Waals surface area contributed by atoms with Crippen molar-refractivity contribution in [2.45, 2.75) is 0 Å². The minimum atomic E-state index is -0.975.